The van der Waals surface area contributed by atoms with Crippen LogP contribution in [0.15, 0.2) is 40.8 Å². The van der Waals surface area contributed by atoms with Crippen LogP contribution in [0.4, 0.5) is 0 Å². The van der Waals surface area contributed by atoms with Gasteiger partial charge in [0, 0.05) is 18.5 Å². The van der Waals surface area contributed by atoms with E-state index in [1.54, 1.807) is 11.3 Å². The summed E-state index contributed by atoms with van der Waals surface area (Å²) in [7, 11) is 1.81. The maximum atomic E-state index is 4.35. The number of hydrogen-bond donors (Lipinski definition) is 2. The van der Waals surface area contributed by atoms with Gasteiger partial charge in [-0.25, -0.2) is 4.98 Å². The highest BCUT2D eigenvalue weighted by Gasteiger charge is 2.18. The Kier molecular flexibility index (Phi) is 10.8. The first-order valence-electron chi connectivity index (χ1n) is 8.82. The van der Waals surface area contributed by atoms with Gasteiger partial charge in [-0.1, -0.05) is 44.2 Å². The summed E-state index contributed by atoms with van der Waals surface area (Å²) < 4.78 is 0. The second kappa shape index (κ2) is 12.2. The molecule has 0 amide bonds. The number of rotatable bonds is 8. The molecule has 26 heavy (non-hydrogen) atoms. The van der Waals surface area contributed by atoms with E-state index >= 15 is 0 Å². The SMILES string of the molecule is CCN(CC)C(CNC(=NC)NCc1scnc1C)c1ccccc1.I. The predicted octanol–water partition coefficient (Wildman–Crippen LogP) is 3.82. The number of aliphatic imine (C=N–C) groups is 1. The molecule has 1 atom stereocenters. The molecular weight excluding hydrogens is 457 g/mol. The zero-order valence-electron chi connectivity index (χ0n) is 16.0. The van der Waals surface area contributed by atoms with Gasteiger partial charge in [-0.2, -0.15) is 0 Å². The second-order valence-corrected chi connectivity index (χ2v) is 6.75. The molecule has 0 bridgehead atoms. The molecule has 0 aliphatic rings. The second-order valence-electron chi connectivity index (χ2n) is 5.82. The van der Waals surface area contributed by atoms with E-state index in [1.165, 1.54) is 10.4 Å². The number of nitrogens with zero attached hydrogens (tertiary/aromatic N) is 3. The van der Waals surface area contributed by atoms with Gasteiger partial charge < -0.3 is 10.6 Å². The van der Waals surface area contributed by atoms with E-state index in [2.05, 4.69) is 69.7 Å². The Hall–Kier alpha value is -1.19. The fourth-order valence-electron chi connectivity index (χ4n) is 2.87. The number of nitrogens with one attached hydrogen (secondary N) is 2. The van der Waals surface area contributed by atoms with E-state index in [0.717, 1.165) is 37.8 Å². The summed E-state index contributed by atoms with van der Waals surface area (Å²) in [6.45, 7) is 10.0. The van der Waals surface area contributed by atoms with E-state index in [4.69, 9.17) is 0 Å². The number of hydrogen-bond acceptors (Lipinski definition) is 4. The fraction of sp³-hybridized carbons (Fsp3) is 0.474. The minimum absolute atomic E-state index is 0. The lowest BCUT2D eigenvalue weighted by Crippen LogP contribution is -2.43. The Bertz CT molecular complexity index is 655. The van der Waals surface area contributed by atoms with Crippen LogP contribution in [0.1, 0.15) is 36.0 Å². The molecule has 1 aromatic heterocycles. The van der Waals surface area contributed by atoms with Gasteiger partial charge in [0.05, 0.1) is 23.8 Å². The third-order valence-corrected chi connectivity index (χ3v) is 5.32. The summed E-state index contributed by atoms with van der Waals surface area (Å²) in [5, 5.41) is 6.87. The molecule has 0 spiro atoms. The van der Waals surface area contributed by atoms with Crippen molar-refractivity contribution in [1.29, 1.82) is 0 Å². The van der Waals surface area contributed by atoms with Crippen LogP contribution in [0.25, 0.3) is 0 Å². The maximum Gasteiger partial charge on any atom is 0.191 e. The van der Waals surface area contributed by atoms with Crippen molar-refractivity contribution in [2.45, 2.75) is 33.4 Å². The molecule has 0 aliphatic carbocycles. The van der Waals surface area contributed by atoms with Crippen molar-refractivity contribution in [3.63, 3.8) is 0 Å². The molecule has 0 radical (unpaired) electrons. The van der Waals surface area contributed by atoms with Crippen LogP contribution >= 0.6 is 35.3 Å². The highest BCUT2D eigenvalue weighted by Crippen LogP contribution is 2.19. The molecule has 0 saturated heterocycles. The minimum atomic E-state index is 0. The molecule has 0 fully saturated rings. The Balaban J connectivity index is 0.00000338. The van der Waals surface area contributed by atoms with Crippen molar-refractivity contribution in [3.8, 4) is 0 Å². The average Bonchev–Trinajstić information content (AvgIpc) is 3.06. The summed E-state index contributed by atoms with van der Waals surface area (Å²) in [6.07, 6.45) is 0. The molecule has 0 aliphatic heterocycles. The smallest absolute Gasteiger partial charge is 0.191 e. The first kappa shape index (κ1) is 22.9. The molecule has 2 N–H and O–H groups in total. The number of thiazole rings is 1. The van der Waals surface area contributed by atoms with Crippen LogP contribution in [0, 0.1) is 6.92 Å². The van der Waals surface area contributed by atoms with Gasteiger partial charge in [-0.3, -0.25) is 9.89 Å². The van der Waals surface area contributed by atoms with E-state index in [9.17, 15) is 0 Å². The topological polar surface area (TPSA) is 52.5 Å². The predicted molar refractivity (Wildman–Crippen MR) is 123 cm³/mol. The van der Waals surface area contributed by atoms with Crippen LogP contribution in [-0.2, 0) is 6.54 Å². The van der Waals surface area contributed by atoms with Crippen LogP contribution in [0.3, 0.4) is 0 Å². The van der Waals surface area contributed by atoms with Crippen LogP contribution in [-0.4, -0.2) is 42.5 Å². The number of benzene rings is 1. The summed E-state index contributed by atoms with van der Waals surface area (Å²) in [5.41, 5.74) is 4.29. The van der Waals surface area contributed by atoms with Gasteiger partial charge in [-0.15, -0.1) is 35.3 Å². The van der Waals surface area contributed by atoms with Gasteiger partial charge in [0.15, 0.2) is 5.96 Å². The molecular formula is C19H30IN5S. The molecule has 0 saturated carbocycles. The van der Waals surface area contributed by atoms with E-state index in [0.29, 0.717) is 6.04 Å². The first-order valence-corrected chi connectivity index (χ1v) is 9.70. The van der Waals surface area contributed by atoms with Crippen molar-refractivity contribution in [1.82, 2.24) is 20.5 Å². The van der Waals surface area contributed by atoms with Crippen LogP contribution in [0.2, 0.25) is 0 Å². The van der Waals surface area contributed by atoms with Crippen molar-refractivity contribution >= 4 is 41.3 Å². The lowest BCUT2D eigenvalue weighted by Gasteiger charge is -2.30. The van der Waals surface area contributed by atoms with Gasteiger partial charge >= 0.3 is 0 Å². The normalized spacial score (nSPS) is 12.6. The van der Waals surface area contributed by atoms with E-state index in [-0.39, 0.29) is 24.0 Å². The number of likely N-dealkylation sites (N-methyl/N-ethyl adjacent to an activating group) is 1. The van der Waals surface area contributed by atoms with Crippen LogP contribution < -0.4 is 10.6 Å². The summed E-state index contributed by atoms with van der Waals surface area (Å²) >= 11 is 1.67. The maximum absolute atomic E-state index is 4.35. The molecule has 144 valence electrons. The first-order chi connectivity index (χ1) is 12.2. The molecule has 1 unspecified atom stereocenters. The zero-order valence-corrected chi connectivity index (χ0v) is 19.2. The summed E-state index contributed by atoms with van der Waals surface area (Å²) in [6, 6.07) is 11.0. The third-order valence-electron chi connectivity index (χ3n) is 4.39. The fourth-order valence-corrected chi connectivity index (χ4v) is 3.59. The molecule has 1 aromatic carbocycles. The summed E-state index contributed by atoms with van der Waals surface area (Å²) in [5.74, 6) is 0.820. The number of aryl methyl sites for hydroxylation is 1. The van der Waals surface area contributed by atoms with Gasteiger partial charge in [0.2, 0.25) is 0 Å². The monoisotopic (exact) mass is 487 g/mol. The van der Waals surface area contributed by atoms with Gasteiger partial charge in [-0.05, 0) is 25.6 Å². The summed E-state index contributed by atoms with van der Waals surface area (Å²) in [4.78, 5) is 12.3. The number of halogens is 1. The molecule has 1 heterocycles. The Morgan fingerprint density at radius 1 is 1.19 bits per heavy atom. The average molecular weight is 487 g/mol. The highest BCUT2D eigenvalue weighted by atomic mass is 127. The van der Waals surface area contributed by atoms with Crippen molar-refractivity contribution in [3.05, 3.63) is 52.0 Å². The lowest BCUT2D eigenvalue weighted by molar-refractivity contribution is 0.219. The van der Waals surface area contributed by atoms with E-state index < -0.39 is 0 Å². The van der Waals surface area contributed by atoms with E-state index in [1.807, 2.05) is 19.5 Å². The molecule has 7 heteroatoms. The Labute approximate surface area is 178 Å². The molecule has 2 rings (SSSR count). The largest absolute Gasteiger partial charge is 0.354 e. The highest BCUT2D eigenvalue weighted by molar-refractivity contribution is 14.0. The lowest BCUT2D eigenvalue weighted by atomic mass is 10.1. The quantitative estimate of drug-likeness (QED) is 0.338. The number of guanidine groups is 1. The Morgan fingerprint density at radius 3 is 2.42 bits per heavy atom. The van der Waals surface area contributed by atoms with Crippen LogP contribution in [0.5, 0.6) is 0 Å². The van der Waals surface area contributed by atoms with Crippen molar-refractivity contribution in [2.75, 3.05) is 26.7 Å². The van der Waals surface area contributed by atoms with Crippen molar-refractivity contribution < 1.29 is 0 Å². The third kappa shape index (κ3) is 6.51. The van der Waals surface area contributed by atoms with Gasteiger partial charge in [0.1, 0.15) is 0 Å². The molecule has 5 nitrogen and oxygen atoms in total. The minimum Gasteiger partial charge on any atom is -0.354 e. The number of aromatic nitrogens is 1. The molecule has 2 aromatic rings. The van der Waals surface area contributed by atoms with Gasteiger partial charge in [0.25, 0.3) is 0 Å². The standard InChI is InChI=1S/C19H29N5S.HI/c1-5-24(6-2)17(16-10-8-7-9-11-16)12-21-19(20-4)22-13-18-15(3)23-14-25-18;/h7-11,14,17H,5-6,12-13H2,1-4H3,(H2,20,21,22);1H. The van der Waals surface area contributed by atoms with Crippen molar-refractivity contribution in [2.24, 2.45) is 4.99 Å². The Morgan fingerprint density at radius 2 is 1.88 bits per heavy atom. The zero-order chi connectivity index (χ0) is 18.1.